The molecule has 6 heteroatoms. The van der Waals surface area contributed by atoms with Crippen molar-refractivity contribution in [2.24, 2.45) is 0 Å². The van der Waals surface area contributed by atoms with Gasteiger partial charge in [0, 0.05) is 0 Å². The van der Waals surface area contributed by atoms with Gasteiger partial charge in [-0.15, -0.1) is 0 Å². The van der Waals surface area contributed by atoms with E-state index < -0.39 is 21.5 Å². The second-order valence-corrected chi connectivity index (χ2v) is 7.36. The van der Waals surface area contributed by atoms with Crippen molar-refractivity contribution in [2.75, 3.05) is 0 Å². The van der Waals surface area contributed by atoms with Crippen LogP contribution in [0, 0.1) is 0 Å². The molecule has 0 amide bonds. The van der Waals surface area contributed by atoms with Crippen molar-refractivity contribution in [3.8, 4) is 0 Å². The Hall–Kier alpha value is 0.870. The Morgan fingerprint density at radius 3 is 1.90 bits per heavy atom. The van der Waals surface area contributed by atoms with Crippen molar-refractivity contribution in [3.05, 3.63) is 0 Å². The summed E-state index contributed by atoms with van der Waals surface area (Å²) in [6.45, 7) is 4.04. The molecule has 0 bridgehead atoms. The topological polar surface area (TPSA) is 77.4 Å². The van der Waals surface area contributed by atoms with Gasteiger partial charge in [-0.05, 0) is 19.3 Å². The number of aliphatic hydroxyl groups is 1. The van der Waals surface area contributed by atoms with Crippen molar-refractivity contribution in [1.82, 2.24) is 0 Å². The van der Waals surface area contributed by atoms with Gasteiger partial charge in [-0.1, -0.05) is 65.2 Å². The molecule has 2 atom stereocenters. The summed E-state index contributed by atoms with van der Waals surface area (Å²) in [5.41, 5.74) is 0. The van der Waals surface area contributed by atoms with Crippen LogP contribution < -0.4 is 29.6 Å². The van der Waals surface area contributed by atoms with E-state index in [9.17, 15) is 18.1 Å². The van der Waals surface area contributed by atoms with Gasteiger partial charge in [0.15, 0.2) is 0 Å². The average Bonchev–Trinajstić information content (AvgIpc) is 2.36. The quantitative estimate of drug-likeness (QED) is 0.305. The number of hydrogen-bond acceptors (Lipinski definition) is 4. The Labute approximate surface area is 153 Å². The van der Waals surface area contributed by atoms with Crippen LogP contribution in [0.5, 0.6) is 0 Å². The van der Waals surface area contributed by atoms with E-state index in [1.165, 1.54) is 32.1 Å². The zero-order valence-corrected chi connectivity index (χ0v) is 16.8. The van der Waals surface area contributed by atoms with Crippen molar-refractivity contribution < 1.29 is 47.6 Å². The van der Waals surface area contributed by atoms with Gasteiger partial charge < -0.3 is 9.66 Å². The maximum absolute atomic E-state index is 11.1. The first kappa shape index (κ1) is 24.1. The molecule has 2 unspecified atom stereocenters. The van der Waals surface area contributed by atoms with Crippen LogP contribution in [-0.2, 0) is 10.1 Å². The summed E-state index contributed by atoms with van der Waals surface area (Å²) < 4.78 is 33.2. The first-order chi connectivity index (χ1) is 9.41. The van der Waals surface area contributed by atoms with Gasteiger partial charge in [-0.3, -0.25) is 0 Å². The minimum Gasteiger partial charge on any atom is -0.748 e. The van der Waals surface area contributed by atoms with Crippen LogP contribution in [0.25, 0.3) is 0 Å². The van der Waals surface area contributed by atoms with Gasteiger partial charge in [-0.25, -0.2) is 8.42 Å². The van der Waals surface area contributed by atoms with Gasteiger partial charge in [0.2, 0.25) is 0 Å². The SMILES string of the molecule is CCCCCCCCCC(O)CC(CCC)S(=O)(=O)[O-].[Na+]. The van der Waals surface area contributed by atoms with Crippen LogP contribution in [0.3, 0.4) is 0 Å². The van der Waals surface area contributed by atoms with Crippen LogP contribution in [0.2, 0.25) is 0 Å². The summed E-state index contributed by atoms with van der Waals surface area (Å²) in [6, 6.07) is 0. The predicted octanol–water partition coefficient (Wildman–Crippen LogP) is 0.596. The number of rotatable bonds is 13. The molecule has 0 radical (unpaired) electrons. The fourth-order valence-electron chi connectivity index (χ4n) is 2.46. The molecule has 0 aliphatic carbocycles. The zero-order chi connectivity index (χ0) is 15.4. The third-order valence-corrected chi connectivity index (χ3v) is 4.94. The van der Waals surface area contributed by atoms with Crippen LogP contribution in [-0.4, -0.2) is 29.4 Å². The third-order valence-electron chi connectivity index (χ3n) is 3.69. The molecular weight excluding hydrogens is 299 g/mol. The third kappa shape index (κ3) is 14.2. The molecular formula is C15H31NaO4S. The predicted molar refractivity (Wildman–Crippen MR) is 81.6 cm³/mol. The minimum absolute atomic E-state index is 0. The Morgan fingerprint density at radius 1 is 0.905 bits per heavy atom. The summed E-state index contributed by atoms with van der Waals surface area (Å²) >= 11 is 0. The number of aliphatic hydroxyl groups excluding tert-OH is 1. The summed E-state index contributed by atoms with van der Waals surface area (Å²) in [4.78, 5) is 0. The fourth-order valence-corrected chi connectivity index (χ4v) is 3.44. The second kappa shape index (κ2) is 14.5. The molecule has 4 nitrogen and oxygen atoms in total. The Bertz CT molecular complexity index is 320. The maximum atomic E-state index is 11.1. The zero-order valence-electron chi connectivity index (χ0n) is 14.0. The van der Waals surface area contributed by atoms with Crippen LogP contribution >= 0.6 is 0 Å². The van der Waals surface area contributed by atoms with Crippen molar-refractivity contribution >= 4 is 10.1 Å². The minimum atomic E-state index is -4.28. The van der Waals surface area contributed by atoms with Crippen LogP contribution in [0.1, 0.15) is 84.5 Å². The average molecular weight is 330 g/mol. The van der Waals surface area contributed by atoms with E-state index in [2.05, 4.69) is 6.92 Å². The molecule has 0 fully saturated rings. The maximum Gasteiger partial charge on any atom is 1.00 e. The van der Waals surface area contributed by atoms with E-state index in [1.807, 2.05) is 6.92 Å². The first-order valence-corrected chi connectivity index (χ1v) is 9.51. The smallest absolute Gasteiger partial charge is 0.748 e. The molecule has 0 aliphatic rings. The molecule has 0 aliphatic heterocycles. The van der Waals surface area contributed by atoms with Crippen molar-refractivity contribution in [1.29, 1.82) is 0 Å². The largest absolute Gasteiger partial charge is 1.00 e. The molecule has 0 spiro atoms. The molecule has 21 heavy (non-hydrogen) atoms. The first-order valence-electron chi connectivity index (χ1n) is 8.04. The molecule has 122 valence electrons. The van der Waals surface area contributed by atoms with E-state index >= 15 is 0 Å². The fraction of sp³-hybridized carbons (Fsp3) is 1.00. The van der Waals surface area contributed by atoms with Gasteiger partial charge in [0.25, 0.3) is 0 Å². The van der Waals surface area contributed by atoms with E-state index in [0.717, 1.165) is 12.8 Å². The van der Waals surface area contributed by atoms with E-state index in [4.69, 9.17) is 0 Å². The van der Waals surface area contributed by atoms with Crippen LogP contribution in [0.15, 0.2) is 0 Å². The van der Waals surface area contributed by atoms with Gasteiger partial charge in [-0.2, -0.15) is 0 Å². The van der Waals surface area contributed by atoms with Gasteiger partial charge in [0.05, 0.1) is 21.5 Å². The van der Waals surface area contributed by atoms with Crippen LogP contribution in [0.4, 0.5) is 0 Å². The molecule has 0 saturated heterocycles. The Kier molecular flexibility index (Phi) is 16.6. The summed E-state index contributed by atoms with van der Waals surface area (Å²) in [5.74, 6) is 0. The van der Waals surface area contributed by atoms with E-state index in [0.29, 0.717) is 19.3 Å². The molecule has 0 rings (SSSR count). The molecule has 0 aromatic carbocycles. The Balaban J connectivity index is 0. The number of unbranched alkanes of at least 4 members (excludes halogenated alkanes) is 6. The summed E-state index contributed by atoms with van der Waals surface area (Å²) in [6.07, 6.45) is 9.20. The number of hydrogen-bond donors (Lipinski definition) is 1. The van der Waals surface area contributed by atoms with E-state index in [1.54, 1.807) is 0 Å². The second-order valence-electron chi connectivity index (χ2n) is 5.70. The summed E-state index contributed by atoms with van der Waals surface area (Å²) in [7, 11) is -4.28. The Morgan fingerprint density at radius 2 is 1.43 bits per heavy atom. The monoisotopic (exact) mass is 330 g/mol. The molecule has 1 N–H and O–H groups in total. The molecule has 0 heterocycles. The van der Waals surface area contributed by atoms with E-state index in [-0.39, 0.29) is 36.0 Å². The molecule has 0 aromatic rings. The standard InChI is InChI=1S/C15H32O4S.Na/c1-3-5-6-7-8-9-10-12-14(16)13-15(11-4-2)20(17,18)19;/h14-16H,3-13H2,1-2H3,(H,17,18,19);/q;+1/p-1. The van der Waals surface area contributed by atoms with Crippen molar-refractivity contribution in [2.45, 2.75) is 95.8 Å². The van der Waals surface area contributed by atoms with Gasteiger partial charge in [0.1, 0.15) is 0 Å². The summed E-state index contributed by atoms with van der Waals surface area (Å²) in [5, 5.41) is 8.92. The molecule has 0 saturated carbocycles. The normalized spacial score (nSPS) is 14.5. The van der Waals surface area contributed by atoms with Crippen molar-refractivity contribution in [3.63, 3.8) is 0 Å². The van der Waals surface area contributed by atoms with Gasteiger partial charge >= 0.3 is 29.6 Å². The molecule has 0 aromatic heterocycles.